The van der Waals surface area contributed by atoms with Gasteiger partial charge in [-0.25, -0.2) is 18.3 Å². The molecule has 0 aliphatic carbocycles. The summed E-state index contributed by atoms with van der Waals surface area (Å²) in [7, 11) is 7.83. The second-order valence-corrected chi connectivity index (χ2v) is 9.19. The topological polar surface area (TPSA) is 76.3 Å². The fraction of sp³-hybridized carbons (Fsp3) is 0.400. The molecule has 2 heterocycles. The first-order valence-corrected chi connectivity index (χ1v) is 12.6. The maximum atomic E-state index is 5.85. The van der Waals surface area contributed by atoms with Crippen LogP contribution in [0.4, 0.5) is 23.3 Å². The van der Waals surface area contributed by atoms with Crippen molar-refractivity contribution >= 4 is 23.3 Å². The molecule has 4 rings (SSSR count). The van der Waals surface area contributed by atoms with E-state index < -0.39 is 0 Å². The van der Waals surface area contributed by atoms with Crippen molar-refractivity contribution in [3.8, 4) is 0 Å². The van der Waals surface area contributed by atoms with Gasteiger partial charge in [0.25, 0.3) is 0 Å². The molecule has 0 atom stereocenters. The molecule has 2 aromatic heterocycles. The van der Waals surface area contributed by atoms with Crippen LogP contribution in [0.15, 0.2) is 93.8 Å². The average molecular weight is 533 g/mol. The van der Waals surface area contributed by atoms with E-state index in [1.165, 1.54) is 11.1 Å². The molecular formula is C30H44N8O+2. The summed E-state index contributed by atoms with van der Waals surface area (Å²) in [6.45, 7) is 1.53. The van der Waals surface area contributed by atoms with Gasteiger partial charge in [0.1, 0.15) is 11.4 Å². The number of benzene rings is 2. The molecule has 0 fully saturated rings. The second-order valence-electron chi connectivity index (χ2n) is 9.19. The predicted molar refractivity (Wildman–Crippen MR) is 155 cm³/mol. The van der Waals surface area contributed by atoms with Gasteiger partial charge in [-0.1, -0.05) is 49.3 Å². The first-order valence-electron chi connectivity index (χ1n) is 12.6. The van der Waals surface area contributed by atoms with Crippen molar-refractivity contribution in [3.63, 3.8) is 0 Å². The van der Waals surface area contributed by atoms with Gasteiger partial charge in [-0.2, -0.15) is 0 Å². The first-order chi connectivity index (χ1) is 18.0. The molecule has 9 nitrogen and oxygen atoms in total. The molecule has 0 radical (unpaired) electrons. The minimum Gasteiger partial charge on any atom is -0.381 e. The predicted octanol–water partition coefficient (Wildman–Crippen LogP) is 6.70. The number of ether oxygens (including phenoxy) is 1. The minimum absolute atomic E-state index is 0. The van der Waals surface area contributed by atoms with Crippen LogP contribution in [0.25, 0.3) is 0 Å². The van der Waals surface area contributed by atoms with E-state index in [2.05, 4.69) is 44.7 Å². The van der Waals surface area contributed by atoms with Gasteiger partial charge in [0.05, 0.1) is 53.0 Å². The quantitative estimate of drug-likeness (QED) is 0.114. The van der Waals surface area contributed by atoms with Gasteiger partial charge < -0.3 is 4.74 Å². The molecule has 0 saturated carbocycles. The monoisotopic (exact) mass is 532 g/mol. The van der Waals surface area contributed by atoms with Crippen molar-refractivity contribution in [2.24, 2.45) is 48.6 Å². The fourth-order valence-electron chi connectivity index (χ4n) is 3.97. The van der Waals surface area contributed by atoms with Crippen molar-refractivity contribution in [2.75, 3.05) is 13.2 Å². The minimum atomic E-state index is 0. The van der Waals surface area contributed by atoms with Gasteiger partial charge in [0, 0.05) is 23.4 Å². The van der Waals surface area contributed by atoms with E-state index in [4.69, 9.17) is 4.74 Å². The number of aromatic nitrogens is 4. The summed E-state index contributed by atoms with van der Waals surface area (Å²) in [5, 5.41) is 17.4. The molecule has 0 N–H and O–H groups in total. The Morgan fingerprint density at radius 2 is 1.00 bits per heavy atom. The van der Waals surface area contributed by atoms with E-state index in [0.717, 1.165) is 62.2 Å². The lowest BCUT2D eigenvalue weighted by molar-refractivity contribution is -0.657. The molecule has 0 amide bonds. The van der Waals surface area contributed by atoms with Crippen molar-refractivity contribution in [1.29, 1.82) is 0 Å². The standard InChI is InChI=1S/C28H36N8O.2CH4/c1-33-17-18-34(2)27(33)31-29-25-13-9-23(10-14-25)7-5-21-37-22-6-8-24-11-15-26(16-12-24)30-32-28-35(3)19-20-36(28)4;;/h9-20H,5-8,21-22H2,1-4H3;2*1H4/q+2;;. The molecular weight excluding hydrogens is 488 g/mol. The highest BCUT2D eigenvalue weighted by molar-refractivity contribution is 5.39. The third-order valence-electron chi connectivity index (χ3n) is 6.18. The van der Waals surface area contributed by atoms with Crippen LogP contribution in [-0.2, 0) is 45.8 Å². The van der Waals surface area contributed by atoms with Gasteiger partial charge in [0.2, 0.25) is 0 Å². The van der Waals surface area contributed by atoms with Gasteiger partial charge in [0.15, 0.2) is 0 Å². The maximum Gasteiger partial charge on any atom is 0.421 e. The maximum absolute atomic E-state index is 5.85. The zero-order valence-corrected chi connectivity index (χ0v) is 22.2. The Balaban J connectivity index is 0.00000267. The van der Waals surface area contributed by atoms with E-state index in [1.54, 1.807) is 0 Å². The largest absolute Gasteiger partial charge is 0.421 e. The van der Waals surface area contributed by atoms with Gasteiger partial charge in [-0.15, -0.1) is 0 Å². The van der Waals surface area contributed by atoms with Crippen molar-refractivity contribution in [1.82, 2.24) is 9.13 Å². The lowest BCUT2D eigenvalue weighted by atomic mass is 10.1. The molecule has 208 valence electrons. The van der Waals surface area contributed by atoms with E-state index in [1.807, 2.05) is 95.5 Å². The van der Waals surface area contributed by atoms with Crippen molar-refractivity contribution in [2.45, 2.75) is 40.5 Å². The van der Waals surface area contributed by atoms with Crippen LogP contribution < -0.4 is 9.13 Å². The normalized spacial score (nSPS) is 11.2. The highest BCUT2D eigenvalue weighted by atomic mass is 16.5. The zero-order valence-electron chi connectivity index (χ0n) is 22.2. The Kier molecular flexibility index (Phi) is 12.4. The van der Waals surface area contributed by atoms with Crippen LogP contribution in [-0.4, -0.2) is 22.3 Å². The highest BCUT2D eigenvalue weighted by Crippen LogP contribution is 2.18. The summed E-state index contributed by atoms with van der Waals surface area (Å²) in [5.74, 6) is 1.61. The Morgan fingerprint density at radius 3 is 1.33 bits per heavy atom. The molecule has 39 heavy (non-hydrogen) atoms. The van der Waals surface area contributed by atoms with E-state index >= 15 is 0 Å². The van der Waals surface area contributed by atoms with E-state index in [-0.39, 0.29) is 14.9 Å². The number of imidazole rings is 2. The third-order valence-corrected chi connectivity index (χ3v) is 6.18. The number of aryl methyl sites for hydroxylation is 6. The number of hydrogen-bond donors (Lipinski definition) is 0. The van der Waals surface area contributed by atoms with Gasteiger partial charge in [-0.05, 0) is 61.1 Å². The summed E-state index contributed by atoms with van der Waals surface area (Å²) >= 11 is 0. The summed E-state index contributed by atoms with van der Waals surface area (Å²) in [6.07, 6.45) is 11.8. The summed E-state index contributed by atoms with van der Waals surface area (Å²) < 4.78 is 13.6. The van der Waals surface area contributed by atoms with Crippen molar-refractivity contribution < 1.29 is 13.9 Å². The van der Waals surface area contributed by atoms with E-state index in [9.17, 15) is 0 Å². The molecule has 0 aliphatic rings. The Morgan fingerprint density at radius 1 is 0.615 bits per heavy atom. The molecule has 9 heteroatoms. The smallest absolute Gasteiger partial charge is 0.381 e. The number of rotatable bonds is 12. The zero-order chi connectivity index (χ0) is 26.0. The van der Waals surface area contributed by atoms with Crippen LogP contribution in [0.3, 0.4) is 0 Å². The second kappa shape index (κ2) is 15.4. The first kappa shape index (κ1) is 31.2. The molecule has 0 aliphatic heterocycles. The number of azo groups is 2. The highest BCUT2D eigenvalue weighted by Gasteiger charge is 2.11. The Bertz CT molecular complexity index is 1190. The van der Waals surface area contributed by atoms with Crippen LogP contribution in [0.5, 0.6) is 0 Å². The van der Waals surface area contributed by atoms with Gasteiger partial charge >= 0.3 is 11.9 Å². The lowest BCUT2D eigenvalue weighted by Gasteiger charge is -2.05. The summed E-state index contributed by atoms with van der Waals surface area (Å²) in [5.41, 5.74) is 4.26. The SMILES string of the molecule is C.C.Cn1cc[n+](C)c1N=Nc1ccc(CCCOCCCc2ccc(N=Nc3n(C)cc[n+]3C)cc2)cc1. The molecule has 0 spiro atoms. The molecule has 0 bridgehead atoms. The fourth-order valence-corrected chi connectivity index (χ4v) is 3.97. The molecule has 0 unspecified atom stereocenters. The van der Waals surface area contributed by atoms with Crippen LogP contribution in [0.2, 0.25) is 0 Å². The number of nitrogens with zero attached hydrogens (tertiary/aromatic N) is 8. The van der Waals surface area contributed by atoms with Crippen LogP contribution in [0, 0.1) is 0 Å². The number of hydrogen-bond acceptors (Lipinski definition) is 5. The summed E-state index contributed by atoms with van der Waals surface area (Å²) in [6, 6.07) is 16.5. The average Bonchev–Trinajstić information content (AvgIpc) is 3.41. The third kappa shape index (κ3) is 9.07. The molecule has 2 aromatic carbocycles. The molecule has 0 saturated heterocycles. The van der Waals surface area contributed by atoms with Crippen LogP contribution in [0.1, 0.15) is 38.8 Å². The van der Waals surface area contributed by atoms with Gasteiger partial charge in [-0.3, -0.25) is 0 Å². The lowest BCUT2D eigenvalue weighted by Crippen LogP contribution is -2.25. The van der Waals surface area contributed by atoms with Crippen LogP contribution >= 0.6 is 0 Å². The van der Waals surface area contributed by atoms with Crippen molar-refractivity contribution in [3.05, 3.63) is 84.4 Å². The summed E-state index contributed by atoms with van der Waals surface area (Å²) in [4.78, 5) is 0. The molecule has 4 aromatic rings. The Labute approximate surface area is 233 Å². The van der Waals surface area contributed by atoms with E-state index in [0.29, 0.717) is 0 Å². The Hall–Kier alpha value is -3.98.